The average Bonchev–Trinajstić information content (AvgIpc) is 2.45. The number of hydrogen-bond acceptors (Lipinski definition) is 6. The predicted molar refractivity (Wildman–Crippen MR) is 78.4 cm³/mol. The van der Waals surface area contributed by atoms with Crippen LogP contribution in [-0.2, 0) is 0 Å². The molecule has 1 fully saturated rings. The summed E-state index contributed by atoms with van der Waals surface area (Å²) in [5, 5.41) is 6.83. The third-order valence-electron chi connectivity index (χ3n) is 3.89. The standard InChI is InChI=1S/C14H24N4O2/c1-14(2)6-5-7-15-10(14)9-16-13-17-11(19-3)8-12(18-13)20-4/h8,10,15H,5-7,9H2,1-4H3,(H,16,17,18). The summed E-state index contributed by atoms with van der Waals surface area (Å²) in [6.07, 6.45) is 2.46. The quantitative estimate of drug-likeness (QED) is 0.855. The number of piperidine rings is 1. The summed E-state index contributed by atoms with van der Waals surface area (Å²) in [6.45, 7) is 6.43. The first kappa shape index (κ1) is 14.8. The van der Waals surface area contributed by atoms with Gasteiger partial charge in [0, 0.05) is 12.6 Å². The van der Waals surface area contributed by atoms with Crippen LogP contribution in [0.25, 0.3) is 0 Å². The Kier molecular flexibility index (Phi) is 4.65. The Bertz CT molecular complexity index is 429. The molecule has 6 heteroatoms. The summed E-state index contributed by atoms with van der Waals surface area (Å²) in [5.41, 5.74) is 0.272. The maximum absolute atomic E-state index is 5.14. The Morgan fingerprint density at radius 1 is 1.30 bits per heavy atom. The van der Waals surface area contributed by atoms with Gasteiger partial charge in [0.25, 0.3) is 0 Å². The molecule has 0 bridgehead atoms. The van der Waals surface area contributed by atoms with Crippen molar-refractivity contribution in [2.24, 2.45) is 5.41 Å². The normalized spacial score (nSPS) is 21.3. The molecule has 112 valence electrons. The second-order valence-electron chi connectivity index (χ2n) is 5.76. The molecule has 0 radical (unpaired) electrons. The van der Waals surface area contributed by atoms with Crippen molar-refractivity contribution < 1.29 is 9.47 Å². The highest BCUT2D eigenvalue weighted by Gasteiger charge is 2.31. The van der Waals surface area contributed by atoms with Crippen molar-refractivity contribution in [3.63, 3.8) is 0 Å². The fourth-order valence-corrected chi connectivity index (χ4v) is 2.50. The van der Waals surface area contributed by atoms with Crippen LogP contribution in [0.2, 0.25) is 0 Å². The first-order valence-electron chi connectivity index (χ1n) is 6.99. The molecule has 0 aliphatic carbocycles. The number of aromatic nitrogens is 2. The fourth-order valence-electron chi connectivity index (χ4n) is 2.50. The van der Waals surface area contributed by atoms with E-state index in [2.05, 4.69) is 34.4 Å². The lowest BCUT2D eigenvalue weighted by Crippen LogP contribution is -2.50. The summed E-state index contributed by atoms with van der Waals surface area (Å²) in [5.74, 6) is 1.52. The van der Waals surface area contributed by atoms with Gasteiger partial charge in [-0.25, -0.2) is 0 Å². The number of ether oxygens (including phenoxy) is 2. The first-order chi connectivity index (χ1) is 9.55. The topological polar surface area (TPSA) is 68.3 Å². The third kappa shape index (κ3) is 3.50. The average molecular weight is 280 g/mol. The van der Waals surface area contributed by atoms with Crippen LogP contribution in [0.4, 0.5) is 5.95 Å². The molecule has 20 heavy (non-hydrogen) atoms. The monoisotopic (exact) mass is 280 g/mol. The SMILES string of the molecule is COc1cc(OC)nc(NCC2NCCCC2(C)C)n1. The van der Waals surface area contributed by atoms with Crippen molar-refractivity contribution in [2.75, 3.05) is 32.6 Å². The zero-order chi connectivity index (χ0) is 14.6. The minimum Gasteiger partial charge on any atom is -0.481 e. The van der Waals surface area contributed by atoms with Crippen LogP contribution in [0.5, 0.6) is 11.8 Å². The Balaban J connectivity index is 2.02. The molecular weight excluding hydrogens is 256 g/mol. The highest BCUT2D eigenvalue weighted by atomic mass is 16.5. The zero-order valence-corrected chi connectivity index (χ0v) is 12.7. The Morgan fingerprint density at radius 2 is 1.95 bits per heavy atom. The van der Waals surface area contributed by atoms with Crippen LogP contribution in [0.1, 0.15) is 26.7 Å². The molecule has 0 saturated carbocycles. The van der Waals surface area contributed by atoms with E-state index in [1.165, 1.54) is 12.8 Å². The van der Waals surface area contributed by atoms with Crippen LogP contribution in [0.15, 0.2) is 6.07 Å². The molecule has 0 amide bonds. The van der Waals surface area contributed by atoms with E-state index in [4.69, 9.17) is 9.47 Å². The molecule has 2 rings (SSSR count). The van der Waals surface area contributed by atoms with E-state index in [1.807, 2.05) is 0 Å². The van der Waals surface area contributed by atoms with E-state index in [0.29, 0.717) is 23.8 Å². The number of nitrogens with zero attached hydrogens (tertiary/aromatic N) is 2. The molecule has 1 saturated heterocycles. The van der Waals surface area contributed by atoms with Crippen molar-refractivity contribution in [3.05, 3.63) is 6.07 Å². The van der Waals surface area contributed by atoms with Gasteiger partial charge in [-0.2, -0.15) is 9.97 Å². The molecule has 1 unspecified atom stereocenters. The fraction of sp³-hybridized carbons (Fsp3) is 0.714. The minimum atomic E-state index is 0.272. The molecule has 1 aromatic rings. The van der Waals surface area contributed by atoms with Crippen LogP contribution in [-0.4, -0.2) is 43.3 Å². The molecular formula is C14H24N4O2. The van der Waals surface area contributed by atoms with E-state index in [-0.39, 0.29) is 5.41 Å². The minimum absolute atomic E-state index is 0.272. The molecule has 6 nitrogen and oxygen atoms in total. The third-order valence-corrected chi connectivity index (χ3v) is 3.89. The number of rotatable bonds is 5. The van der Waals surface area contributed by atoms with Gasteiger partial charge >= 0.3 is 0 Å². The Hall–Kier alpha value is -1.56. The van der Waals surface area contributed by atoms with Gasteiger partial charge in [0.15, 0.2) is 0 Å². The predicted octanol–water partition coefficient (Wildman–Crippen LogP) is 1.68. The number of nitrogens with one attached hydrogen (secondary N) is 2. The number of methoxy groups -OCH3 is 2. The summed E-state index contributed by atoms with van der Waals surface area (Å²) in [4.78, 5) is 8.56. The van der Waals surface area contributed by atoms with Gasteiger partial charge in [-0.3, -0.25) is 0 Å². The van der Waals surface area contributed by atoms with Gasteiger partial charge in [0.2, 0.25) is 17.7 Å². The molecule has 1 aliphatic heterocycles. The van der Waals surface area contributed by atoms with E-state index >= 15 is 0 Å². The van der Waals surface area contributed by atoms with E-state index in [1.54, 1.807) is 20.3 Å². The molecule has 1 aliphatic rings. The lowest BCUT2D eigenvalue weighted by Gasteiger charge is -2.39. The van der Waals surface area contributed by atoms with E-state index < -0.39 is 0 Å². The Labute approximate surface area is 120 Å². The largest absolute Gasteiger partial charge is 0.481 e. The smallest absolute Gasteiger partial charge is 0.229 e. The maximum atomic E-state index is 5.14. The van der Waals surface area contributed by atoms with Crippen LogP contribution >= 0.6 is 0 Å². The molecule has 2 heterocycles. The number of anilines is 1. The molecule has 1 atom stereocenters. The van der Waals surface area contributed by atoms with Crippen molar-refractivity contribution in [1.82, 2.24) is 15.3 Å². The summed E-state index contributed by atoms with van der Waals surface area (Å²) in [6, 6.07) is 2.06. The van der Waals surface area contributed by atoms with Gasteiger partial charge < -0.3 is 20.1 Å². The second-order valence-corrected chi connectivity index (χ2v) is 5.76. The summed E-state index contributed by atoms with van der Waals surface area (Å²) in [7, 11) is 3.16. The van der Waals surface area contributed by atoms with Crippen molar-refractivity contribution in [3.8, 4) is 11.8 Å². The molecule has 0 spiro atoms. The first-order valence-corrected chi connectivity index (χ1v) is 6.99. The van der Waals surface area contributed by atoms with E-state index in [9.17, 15) is 0 Å². The molecule has 0 aromatic carbocycles. The van der Waals surface area contributed by atoms with Crippen LogP contribution < -0.4 is 20.1 Å². The van der Waals surface area contributed by atoms with Crippen molar-refractivity contribution >= 4 is 5.95 Å². The highest BCUT2D eigenvalue weighted by Crippen LogP contribution is 2.30. The summed E-state index contributed by atoms with van der Waals surface area (Å²) >= 11 is 0. The highest BCUT2D eigenvalue weighted by molar-refractivity contribution is 5.33. The zero-order valence-electron chi connectivity index (χ0n) is 12.7. The Morgan fingerprint density at radius 3 is 2.50 bits per heavy atom. The maximum Gasteiger partial charge on any atom is 0.229 e. The number of hydrogen-bond donors (Lipinski definition) is 2. The van der Waals surface area contributed by atoms with E-state index in [0.717, 1.165) is 13.1 Å². The van der Waals surface area contributed by atoms with Gasteiger partial charge in [-0.1, -0.05) is 13.8 Å². The van der Waals surface area contributed by atoms with Crippen LogP contribution in [0.3, 0.4) is 0 Å². The summed E-state index contributed by atoms with van der Waals surface area (Å²) < 4.78 is 10.3. The van der Waals surface area contributed by atoms with Gasteiger partial charge in [-0.15, -0.1) is 0 Å². The van der Waals surface area contributed by atoms with Crippen LogP contribution in [0, 0.1) is 5.41 Å². The molecule has 2 N–H and O–H groups in total. The second kappa shape index (κ2) is 6.26. The molecule has 1 aromatic heterocycles. The van der Waals surface area contributed by atoms with Gasteiger partial charge in [0.1, 0.15) is 0 Å². The lowest BCUT2D eigenvalue weighted by atomic mass is 9.77. The van der Waals surface area contributed by atoms with Gasteiger partial charge in [-0.05, 0) is 24.8 Å². The van der Waals surface area contributed by atoms with Crippen molar-refractivity contribution in [1.29, 1.82) is 0 Å². The van der Waals surface area contributed by atoms with Crippen molar-refractivity contribution in [2.45, 2.75) is 32.7 Å². The van der Waals surface area contributed by atoms with Gasteiger partial charge in [0.05, 0.1) is 20.3 Å². The lowest BCUT2D eigenvalue weighted by molar-refractivity contribution is 0.188.